The first kappa shape index (κ1) is 13.9. The molecule has 2 atom stereocenters. The van der Waals surface area contributed by atoms with Crippen LogP contribution in [0.2, 0.25) is 5.02 Å². The fraction of sp³-hybridized carbons (Fsp3) is 0.500. The standard InChI is InChI=1S/C14H17BrClNO/c1-9-5-6-17(10(2)7-9)14(18)12-8-11(16)3-4-13(12)15/h3-4,8-10H,5-7H2,1-2H3. The smallest absolute Gasteiger partial charge is 0.255 e. The Labute approximate surface area is 121 Å². The summed E-state index contributed by atoms with van der Waals surface area (Å²) < 4.78 is 0.808. The molecule has 0 saturated carbocycles. The van der Waals surface area contributed by atoms with Gasteiger partial charge in [-0.05, 0) is 59.8 Å². The van der Waals surface area contributed by atoms with Gasteiger partial charge in [0, 0.05) is 22.1 Å². The summed E-state index contributed by atoms with van der Waals surface area (Å²) in [6.45, 7) is 5.19. The van der Waals surface area contributed by atoms with Gasteiger partial charge in [0.15, 0.2) is 0 Å². The number of rotatable bonds is 1. The summed E-state index contributed by atoms with van der Waals surface area (Å²) in [7, 11) is 0. The van der Waals surface area contributed by atoms with Crippen LogP contribution in [0, 0.1) is 5.92 Å². The molecule has 1 heterocycles. The van der Waals surface area contributed by atoms with Gasteiger partial charge in [-0.25, -0.2) is 0 Å². The SMILES string of the molecule is CC1CCN(C(=O)c2cc(Cl)ccc2Br)C(C)C1. The van der Waals surface area contributed by atoms with Crippen molar-refractivity contribution in [1.29, 1.82) is 0 Å². The van der Waals surface area contributed by atoms with Crippen LogP contribution in [0.4, 0.5) is 0 Å². The van der Waals surface area contributed by atoms with E-state index in [1.54, 1.807) is 12.1 Å². The second kappa shape index (κ2) is 5.62. The van der Waals surface area contributed by atoms with Crippen molar-refractivity contribution in [2.45, 2.75) is 32.7 Å². The van der Waals surface area contributed by atoms with Gasteiger partial charge in [0.25, 0.3) is 5.91 Å². The molecule has 4 heteroatoms. The van der Waals surface area contributed by atoms with Crippen molar-refractivity contribution in [1.82, 2.24) is 4.90 Å². The van der Waals surface area contributed by atoms with Crippen molar-refractivity contribution < 1.29 is 4.79 Å². The van der Waals surface area contributed by atoms with Crippen LogP contribution in [-0.2, 0) is 0 Å². The summed E-state index contributed by atoms with van der Waals surface area (Å²) in [5.41, 5.74) is 0.656. The maximum atomic E-state index is 12.5. The van der Waals surface area contributed by atoms with E-state index < -0.39 is 0 Å². The van der Waals surface area contributed by atoms with Gasteiger partial charge in [-0.3, -0.25) is 4.79 Å². The minimum atomic E-state index is 0.0729. The molecule has 1 aliphatic rings. The van der Waals surface area contributed by atoms with Gasteiger partial charge in [0.2, 0.25) is 0 Å². The van der Waals surface area contributed by atoms with E-state index in [0.717, 1.165) is 23.9 Å². The number of hydrogen-bond donors (Lipinski definition) is 0. The highest BCUT2D eigenvalue weighted by Gasteiger charge is 2.28. The molecule has 1 saturated heterocycles. The predicted octanol–water partition coefficient (Wildman–Crippen LogP) is 4.36. The Hall–Kier alpha value is -0.540. The molecule has 0 aromatic heterocycles. The molecule has 0 spiro atoms. The Balaban J connectivity index is 2.23. The maximum absolute atomic E-state index is 12.5. The van der Waals surface area contributed by atoms with Crippen LogP contribution >= 0.6 is 27.5 Å². The summed E-state index contributed by atoms with van der Waals surface area (Å²) in [5, 5.41) is 0.597. The van der Waals surface area contributed by atoms with E-state index in [9.17, 15) is 4.79 Å². The first-order chi connectivity index (χ1) is 8.49. The molecular formula is C14H17BrClNO. The minimum Gasteiger partial charge on any atom is -0.336 e. The maximum Gasteiger partial charge on any atom is 0.255 e. The number of nitrogens with zero attached hydrogens (tertiary/aromatic N) is 1. The van der Waals surface area contributed by atoms with E-state index in [1.165, 1.54) is 0 Å². The van der Waals surface area contributed by atoms with Crippen molar-refractivity contribution in [3.63, 3.8) is 0 Å². The van der Waals surface area contributed by atoms with Gasteiger partial charge in [-0.15, -0.1) is 0 Å². The monoisotopic (exact) mass is 329 g/mol. The molecule has 1 amide bonds. The number of carbonyl (C=O) groups is 1. The fourth-order valence-corrected chi connectivity index (χ4v) is 3.11. The normalized spacial score (nSPS) is 24.1. The second-order valence-electron chi connectivity index (χ2n) is 5.10. The summed E-state index contributed by atoms with van der Waals surface area (Å²) >= 11 is 9.39. The molecule has 1 aromatic rings. The van der Waals surface area contributed by atoms with Crippen LogP contribution in [0.15, 0.2) is 22.7 Å². The first-order valence-corrected chi connectivity index (χ1v) is 7.42. The molecule has 1 aromatic carbocycles. The summed E-state index contributed by atoms with van der Waals surface area (Å²) in [6.07, 6.45) is 2.15. The van der Waals surface area contributed by atoms with Crippen LogP contribution in [0.3, 0.4) is 0 Å². The quantitative estimate of drug-likeness (QED) is 0.749. The van der Waals surface area contributed by atoms with E-state index in [-0.39, 0.29) is 5.91 Å². The number of carbonyl (C=O) groups excluding carboxylic acids is 1. The molecule has 0 aliphatic carbocycles. The highest BCUT2D eigenvalue weighted by molar-refractivity contribution is 9.10. The van der Waals surface area contributed by atoms with Gasteiger partial charge in [0.1, 0.15) is 0 Å². The number of amides is 1. The number of halogens is 2. The zero-order chi connectivity index (χ0) is 13.3. The molecule has 2 rings (SSSR count). The lowest BCUT2D eigenvalue weighted by Crippen LogP contribution is -2.44. The van der Waals surface area contributed by atoms with Crippen molar-refractivity contribution in [2.75, 3.05) is 6.54 Å². The summed E-state index contributed by atoms with van der Waals surface area (Å²) in [4.78, 5) is 14.5. The van der Waals surface area contributed by atoms with Crippen molar-refractivity contribution in [3.05, 3.63) is 33.3 Å². The molecule has 18 heavy (non-hydrogen) atoms. The molecule has 0 radical (unpaired) electrons. The zero-order valence-corrected chi connectivity index (χ0v) is 13.0. The topological polar surface area (TPSA) is 20.3 Å². The Morgan fingerprint density at radius 1 is 1.44 bits per heavy atom. The first-order valence-electron chi connectivity index (χ1n) is 6.25. The third kappa shape index (κ3) is 2.89. The van der Waals surface area contributed by atoms with Crippen LogP contribution in [-0.4, -0.2) is 23.4 Å². The largest absolute Gasteiger partial charge is 0.336 e. The third-order valence-electron chi connectivity index (χ3n) is 3.56. The lowest BCUT2D eigenvalue weighted by molar-refractivity contribution is 0.0587. The summed E-state index contributed by atoms with van der Waals surface area (Å²) in [6, 6.07) is 5.64. The Morgan fingerprint density at radius 3 is 2.83 bits per heavy atom. The zero-order valence-electron chi connectivity index (χ0n) is 10.6. The minimum absolute atomic E-state index is 0.0729. The fourth-order valence-electron chi connectivity index (χ4n) is 2.53. The molecule has 0 N–H and O–H groups in total. The lowest BCUT2D eigenvalue weighted by atomic mass is 9.93. The van der Waals surface area contributed by atoms with Gasteiger partial charge in [0.05, 0.1) is 5.56 Å². The molecule has 1 fully saturated rings. The summed E-state index contributed by atoms with van der Waals surface area (Å²) in [5.74, 6) is 0.774. The average molecular weight is 331 g/mol. The third-order valence-corrected chi connectivity index (χ3v) is 4.48. The van der Waals surface area contributed by atoms with Crippen molar-refractivity contribution in [2.24, 2.45) is 5.92 Å². The Morgan fingerprint density at radius 2 is 2.17 bits per heavy atom. The van der Waals surface area contributed by atoms with Gasteiger partial charge in [-0.1, -0.05) is 18.5 Å². The van der Waals surface area contributed by atoms with Gasteiger partial charge < -0.3 is 4.90 Å². The number of benzene rings is 1. The molecule has 98 valence electrons. The highest BCUT2D eigenvalue weighted by Crippen LogP contribution is 2.27. The van der Waals surface area contributed by atoms with E-state index in [4.69, 9.17) is 11.6 Å². The van der Waals surface area contributed by atoms with E-state index in [0.29, 0.717) is 22.5 Å². The van der Waals surface area contributed by atoms with Gasteiger partial charge in [-0.2, -0.15) is 0 Å². The van der Waals surface area contributed by atoms with Crippen molar-refractivity contribution >= 4 is 33.4 Å². The number of piperidine rings is 1. The van der Waals surface area contributed by atoms with Crippen LogP contribution < -0.4 is 0 Å². The molecule has 1 aliphatic heterocycles. The van der Waals surface area contributed by atoms with E-state index >= 15 is 0 Å². The number of likely N-dealkylation sites (tertiary alicyclic amines) is 1. The molecule has 0 bridgehead atoms. The second-order valence-corrected chi connectivity index (χ2v) is 6.39. The van der Waals surface area contributed by atoms with E-state index in [1.807, 2.05) is 11.0 Å². The number of hydrogen-bond acceptors (Lipinski definition) is 1. The average Bonchev–Trinajstić information content (AvgIpc) is 2.31. The van der Waals surface area contributed by atoms with Crippen LogP contribution in [0.1, 0.15) is 37.0 Å². The highest BCUT2D eigenvalue weighted by atomic mass is 79.9. The van der Waals surface area contributed by atoms with E-state index in [2.05, 4.69) is 29.8 Å². The Kier molecular flexibility index (Phi) is 4.33. The van der Waals surface area contributed by atoms with Crippen LogP contribution in [0.5, 0.6) is 0 Å². The van der Waals surface area contributed by atoms with Crippen molar-refractivity contribution in [3.8, 4) is 0 Å². The predicted molar refractivity (Wildman–Crippen MR) is 78.0 cm³/mol. The Bertz CT molecular complexity index is 463. The molecule has 2 nitrogen and oxygen atoms in total. The van der Waals surface area contributed by atoms with Gasteiger partial charge >= 0.3 is 0 Å². The van der Waals surface area contributed by atoms with Crippen LogP contribution in [0.25, 0.3) is 0 Å². The lowest BCUT2D eigenvalue weighted by Gasteiger charge is -2.36. The molecule has 2 unspecified atom stereocenters. The molecular weight excluding hydrogens is 314 g/mol.